The maximum atomic E-state index is 5.57. The van der Waals surface area contributed by atoms with Crippen LogP contribution in [0, 0.1) is 0 Å². The van der Waals surface area contributed by atoms with Gasteiger partial charge in [-0.25, -0.2) is 0 Å². The molecule has 1 unspecified atom stereocenters. The lowest BCUT2D eigenvalue weighted by Gasteiger charge is -2.21. The van der Waals surface area contributed by atoms with Crippen LogP contribution >= 0.6 is 11.8 Å². The SMILES string of the molecule is CCC1(c2nc(CSC3CCCCC3)no2)CCNC1. The van der Waals surface area contributed by atoms with Crippen LogP contribution in [0.25, 0.3) is 0 Å². The molecule has 20 heavy (non-hydrogen) atoms. The summed E-state index contributed by atoms with van der Waals surface area (Å²) in [7, 11) is 0. The van der Waals surface area contributed by atoms with Gasteiger partial charge in [0.05, 0.1) is 11.2 Å². The third-order valence-corrected chi connectivity index (χ3v) is 6.21. The summed E-state index contributed by atoms with van der Waals surface area (Å²) in [4.78, 5) is 4.68. The maximum Gasteiger partial charge on any atom is 0.234 e. The van der Waals surface area contributed by atoms with Crippen molar-refractivity contribution < 1.29 is 4.52 Å². The Bertz CT molecular complexity index is 423. The van der Waals surface area contributed by atoms with E-state index in [1.165, 1.54) is 32.1 Å². The average Bonchev–Trinajstić information content (AvgIpc) is 3.16. The average molecular weight is 295 g/mol. The van der Waals surface area contributed by atoms with Crippen LogP contribution in [0.1, 0.15) is 63.6 Å². The van der Waals surface area contributed by atoms with Gasteiger partial charge in [-0.2, -0.15) is 16.7 Å². The van der Waals surface area contributed by atoms with E-state index < -0.39 is 0 Å². The summed E-state index contributed by atoms with van der Waals surface area (Å²) in [6.45, 7) is 4.25. The molecule has 5 heteroatoms. The van der Waals surface area contributed by atoms with Gasteiger partial charge in [-0.05, 0) is 32.2 Å². The molecule has 4 nitrogen and oxygen atoms in total. The van der Waals surface area contributed by atoms with E-state index in [0.717, 1.165) is 48.6 Å². The van der Waals surface area contributed by atoms with Gasteiger partial charge in [-0.3, -0.25) is 0 Å². The van der Waals surface area contributed by atoms with Crippen LogP contribution < -0.4 is 5.32 Å². The summed E-state index contributed by atoms with van der Waals surface area (Å²) < 4.78 is 5.57. The minimum Gasteiger partial charge on any atom is -0.339 e. The second-order valence-corrected chi connectivity index (χ2v) is 7.44. The molecule has 1 aromatic rings. The first kappa shape index (κ1) is 14.4. The lowest BCUT2D eigenvalue weighted by molar-refractivity contribution is 0.284. The molecule has 1 aromatic heterocycles. The van der Waals surface area contributed by atoms with Crippen LogP contribution in [0.3, 0.4) is 0 Å². The Kier molecular flexibility index (Phi) is 4.66. The highest BCUT2D eigenvalue weighted by atomic mass is 32.2. The molecular weight excluding hydrogens is 270 g/mol. The van der Waals surface area contributed by atoms with E-state index in [2.05, 4.69) is 22.4 Å². The number of rotatable bonds is 5. The number of hydrogen-bond donors (Lipinski definition) is 1. The third kappa shape index (κ3) is 3.03. The zero-order valence-corrected chi connectivity index (χ0v) is 13.2. The topological polar surface area (TPSA) is 51.0 Å². The highest BCUT2D eigenvalue weighted by Gasteiger charge is 2.39. The second kappa shape index (κ2) is 6.48. The molecule has 112 valence electrons. The van der Waals surface area contributed by atoms with Crippen molar-refractivity contribution in [3.05, 3.63) is 11.7 Å². The van der Waals surface area contributed by atoms with Crippen LogP contribution in [0.5, 0.6) is 0 Å². The van der Waals surface area contributed by atoms with Crippen molar-refractivity contribution >= 4 is 11.8 Å². The fourth-order valence-corrected chi connectivity index (χ4v) is 4.50. The Morgan fingerprint density at radius 1 is 1.35 bits per heavy atom. The number of nitrogens with zero attached hydrogens (tertiary/aromatic N) is 2. The van der Waals surface area contributed by atoms with Crippen molar-refractivity contribution in [3.8, 4) is 0 Å². The summed E-state index contributed by atoms with van der Waals surface area (Å²) in [6, 6.07) is 0. The van der Waals surface area contributed by atoms with Gasteiger partial charge in [0.1, 0.15) is 0 Å². The largest absolute Gasteiger partial charge is 0.339 e. The van der Waals surface area contributed by atoms with Gasteiger partial charge in [-0.15, -0.1) is 0 Å². The van der Waals surface area contributed by atoms with Crippen LogP contribution in [-0.2, 0) is 11.2 Å². The molecule has 1 N–H and O–H groups in total. The lowest BCUT2D eigenvalue weighted by Crippen LogP contribution is -2.28. The summed E-state index contributed by atoms with van der Waals surface area (Å²) in [5, 5.41) is 8.43. The predicted octanol–water partition coefficient (Wildman–Crippen LogP) is 3.28. The molecule has 1 saturated carbocycles. The molecule has 0 spiro atoms. The van der Waals surface area contributed by atoms with Gasteiger partial charge in [-0.1, -0.05) is 31.3 Å². The smallest absolute Gasteiger partial charge is 0.234 e. The summed E-state index contributed by atoms with van der Waals surface area (Å²) in [5.74, 6) is 2.64. The lowest BCUT2D eigenvalue weighted by atomic mass is 9.84. The molecule has 0 bridgehead atoms. The van der Waals surface area contributed by atoms with Crippen LogP contribution in [0.15, 0.2) is 4.52 Å². The highest BCUT2D eigenvalue weighted by Crippen LogP contribution is 2.34. The fraction of sp³-hybridized carbons (Fsp3) is 0.867. The normalized spacial score (nSPS) is 28.1. The van der Waals surface area contributed by atoms with Crippen molar-refractivity contribution in [2.75, 3.05) is 13.1 Å². The van der Waals surface area contributed by atoms with Crippen molar-refractivity contribution in [3.63, 3.8) is 0 Å². The monoisotopic (exact) mass is 295 g/mol. The number of thioether (sulfide) groups is 1. The zero-order chi connectivity index (χ0) is 13.8. The van der Waals surface area contributed by atoms with E-state index in [9.17, 15) is 0 Å². The third-order valence-electron chi connectivity index (χ3n) is 4.84. The van der Waals surface area contributed by atoms with Crippen LogP contribution in [0.2, 0.25) is 0 Å². The van der Waals surface area contributed by atoms with Crippen LogP contribution in [0.4, 0.5) is 0 Å². The van der Waals surface area contributed by atoms with Crippen LogP contribution in [-0.4, -0.2) is 28.5 Å². The molecule has 1 saturated heterocycles. The number of nitrogens with one attached hydrogen (secondary N) is 1. The van der Waals surface area contributed by atoms with E-state index in [1.54, 1.807) is 0 Å². The first-order valence-electron chi connectivity index (χ1n) is 7.98. The minimum absolute atomic E-state index is 0.0841. The number of aromatic nitrogens is 2. The first-order chi connectivity index (χ1) is 9.82. The summed E-state index contributed by atoms with van der Waals surface area (Å²) in [5.41, 5.74) is 0.0841. The Labute approximate surface area is 125 Å². The Morgan fingerprint density at radius 2 is 2.20 bits per heavy atom. The van der Waals surface area contributed by atoms with Gasteiger partial charge >= 0.3 is 0 Å². The Morgan fingerprint density at radius 3 is 2.90 bits per heavy atom. The Balaban J connectivity index is 1.58. The molecule has 1 aliphatic heterocycles. The minimum atomic E-state index is 0.0841. The van der Waals surface area contributed by atoms with Gasteiger partial charge in [0.2, 0.25) is 5.89 Å². The fourth-order valence-electron chi connectivity index (χ4n) is 3.33. The summed E-state index contributed by atoms with van der Waals surface area (Å²) in [6.07, 6.45) is 9.09. The maximum absolute atomic E-state index is 5.57. The van der Waals surface area contributed by atoms with Gasteiger partial charge < -0.3 is 9.84 Å². The summed E-state index contributed by atoms with van der Waals surface area (Å²) >= 11 is 2.01. The molecule has 0 radical (unpaired) electrons. The molecule has 2 heterocycles. The first-order valence-corrected chi connectivity index (χ1v) is 9.03. The molecule has 2 aliphatic rings. The van der Waals surface area contributed by atoms with E-state index in [0.29, 0.717) is 0 Å². The van der Waals surface area contributed by atoms with E-state index in [4.69, 9.17) is 4.52 Å². The van der Waals surface area contributed by atoms with Crippen molar-refractivity contribution in [1.29, 1.82) is 0 Å². The van der Waals surface area contributed by atoms with E-state index in [-0.39, 0.29) is 5.41 Å². The predicted molar refractivity (Wildman–Crippen MR) is 81.9 cm³/mol. The zero-order valence-electron chi connectivity index (χ0n) is 12.4. The van der Waals surface area contributed by atoms with Gasteiger partial charge in [0.25, 0.3) is 0 Å². The highest BCUT2D eigenvalue weighted by molar-refractivity contribution is 7.99. The number of hydrogen-bond acceptors (Lipinski definition) is 5. The molecule has 3 rings (SSSR count). The molecule has 2 fully saturated rings. The van der Waals surface area contributed by atoms with Gasteiger partial charge in [0, 0.05) is 11.8 Å². The van der Waals surface area contributed by atoms with Crippen molar-refractivity contribution in [1.82, 2.24) is 15.5 Å². The second-order valence-electron chi connectivity index (χ2n) is 6.15. The molecule has 1 atom stereocenters. The van der Waals surface area contributed by atoms with Crippen molar-refractivity contribution in [2.45, 2.75) is 68.3 Å². The van der Waals surface area contributed by atoms with Crippen molar-refractivity contribution in [2.24, 2.45) is 0 Å². The van der Waals surface area contributed by atoms with Gasteiger partial charge in [0.15, 0.2) is 5.82 Å². The molecule has 0 aromatic carbocycles. The molecule has 0 amide bonds. The Hall–Kier alpha value is -0.550. The van der Waals surface area contributed by atoms with E-state index >= 15 is 0 Å². The standard InChI is InChI=1S/C15H25N3OS/c1-2-15(8-9-16-11-15)14-17-13(18-19-14)10-20-12-6-4-3-5-7-12/h12,16H,2-11H2,1H3. The van der Waals surface area contributed by atoms with E-state index in [1.807, 2.05) is 11.8 Å². The molecule has 1 aliphatic carbocycles. The molecular formula is C15H25N3OS. The quantitative estimate of drug-likeness (QED) is 0.903.